The smallest absolute Gasteiger partial charge is 0.653 e. The molecule has 2 nitrogen and oxygen atoms in total. The third-order valence-electron chi connectivity index (χ3n) is 2.66. The van der Waals surface area contributed by atoms with Gasteiger partial charge in [0.1, 0.15) is 0 Å². The molecular weight excluding hydrogens is 430 g/mol. The van der Waals surface area contributed by atoms with E-state index < -0.39 is 16.1 Å². The van der Waals surface area contributed by atoms with Gasteiger partial charge in [0.05, 0.1) is 0 Å². The summed E-state index contributed by atoms with van der Waals surface area (Å²) in [7, 11) is -2.01. The molecule has 0 aromatic heterocycles. The van der Waals surface area contributed by atoms with Crippen LogP contribution in [0, 0.1) is 69.9 Å². The molecule has 1 amide bonds. The van der Waals surface area contributed by atoms with Gasteiger partial charge in [-0.05, 0) is 70.6 Å². The van der Waals surface area contributed by atoms with Crippen molar-refractivity contribution < 1.29 is 31.0 Å². The fraction of sp³-hybridized carbons (Fsp3) is 0.381. The Hall–Kier alpha value is 0.527. The van der Waals surface area contributed by atoms with Gasteiger partial charge in [0.25, 0.3) is 0 Å². The topological polar surface area (TPSA) is 31.2 Å². The number of β-lactam (4-membered cyclic amide) rings is 1. The Bertz CT molecular complexity index is 318. The number of rotatable bonds is 2. The van der Waals surface area contributed by atoms with Crippen molar-refractivity contribution >= 4 is 22.1 Å². The molecule has 3 rings (SSSR count). The van der Waals surface area contributed by atoms with Crippen molar-refractivity contribution in [2.75, 3.05) is 6.54 Å². The van der Waals surface area contributed by atoms with Crippen molar-refractivity contribution in [2.45, 2.75) is 45.7 Å². The molecule has 1 heterocycles. The maximum absolute atomic E-state index is 9.73. The Morgan fingerprint density at radius 1 is 0.808 bits per heavy atom. The van der Waals surface area contributed by atoms with Crippen molar-refractivity contribution in [3.63, 3.8) is 0 Å². The first-order chi connectivity index (χ1) is 11.6. The Labute approximate surface area is 185 Å². The summed E-state index contributed by atoms with van der Waals surface area (Å²) >= 11 is 0. The van der Waals surface area contributed by atoms with Gasteiger partial charge in [0.2, 0.25) is 0 Å². The summed E-state index contributed by atoms with van der Waals surface area (Å²) in [5, 5.41) is 3.43. The van der Waals surface area contributed by atoms with E-state index >= 15 is 0 Å². The van der Waals surface area contributed by atoms with Gasteiger partial charge in [-0.3, -0.25) is 5.70 Å². The van der Waals surface area contributed by atoms with E-state index in [2.05, 4.69) is 56.0 Å². The van der Waals surface area contributed by atoms with Crippen LogP contribution in [-0.4, -0.2) is 28.6 Å². The van der Waals surface area contributed by atoms with Crippen molar-refractivity contribution in [1.29, 1.82) is 0 Å². The molecule has 0 aromatic rings. The minimum Gasteiger partial charge on any atom is -0.653 e. The third kappa shape index (κ3) is 24.5. The Balaban J connectivity index is 0. The summed E-state index contributed by atoms with van der Waals surface area (Å²) in [6.07, 6.45) is 20.7. The predicted octanol–water partition coefficient (Wildman–Crippen LogP) is 5.43. The fourth-order valence-electron chi connectivity index (χ4n) is 1.28. The maximum atomic E-state index is 9.73. The molecule has 26 heavy (non-hydrogen) atoms. The molecule has 10 radical (unpaired) electrons. The largest absolute Gasteiger partial charge is 4.00 e. The van der Waals surface area contributed by atoms with Crippen LogP contribution in [0.15, 0.2) is 5.70 Å². The number of hydrogen-bond acceptors (Lipinski definition) is 1. The molecule has 0 unspecified atom stereocenters. The minimum absolute atomic E-state index is 0. The van der Waals surface area contributed by atoms with Gasteiger partial charge < -0.3 is 15.8 Å². The van der Waals surface area contributed by atoms with Crippen LogP contribution in [0.25, 0.3) is 5.32 Å². The van der Waals surface area contributed by atoms with Crippen LogP contribution in [-0.2, 0) is 31.0 Å². The second kappa shape index (κ2) is 16.5. The molecular formula is C21H33NOSi2Zr+2. The molecule has 0 N–H and O–H groups in total. The summed E-state index contributed by atoms with van der Waals surface area (Å²) in [6.45, 7) is 14.8. The van der Waals surface area contributed by atoms with Gasteiger partial charge in [0.15, 0.2) is 0 Å². The average molecular weight is 463 g/mol. The number of carbonyl (C=O) groups excluding carboxylic acids is 1. The molecule has 3 fully saturated rings. The van der Waals surface area contributed by atoms with E-state index in [9.17, 15) is 4.79 Å². The first kappa shape index (κ1) is 28.7. The van der Waals surface area contributed by atoms with Crippen molar-refractivity contribution in [2.24, 2.45) is 0 Å². The molecule has 2 saturated carbocycles. The van der Waals surface area contributed by atoms with Crippen molar-refractivity contribution in [3.05, 3.63) is 80.9 Å². The Morgan fingerprint density at radius 2 is 1.08 bits per heavy atom. The van der Waals surface area contributed by atoms with E-state index in [0.29, 0.717) is 6.42 Å². The average Bonchev–Trinajstić information content (AvgIpc) is 3.19. The molecule has 0 bridgehead atoms. The second-order valence-electron chi connectivity index (χ2n) is 7.85. The van der Waals surface area contributed by atoms with Gasteiger partial charge in [-0.1, -0.05) is 39.3 Å². The normalized spacial score (nSPS) is 18.8. The minimum atomic E-state index is -1.04. The van der Waals surface area contributed by atoms with Crippen LogP contribution in [0.1, 0.15) is 6.42 Å². The third-order valence-corrected chi connectivity index (χ3v) is 4.97. The number of nitrogens with zero attached hydrogens (tertiary/aromatic N) is 1. The monoisotopic (exact) mass is 461 g/mol. The van der Waals surface area contributed by atoms with Gasteiger partial charge in [-0.15, -0.1) is 14.6 Å². The summed E-state index contributed by atoms with van der Waals surface area (Å²) < 4.78 is 0. The SMILES string of the molecule is C[Si](C)(C)[C-]=C[Si](C)(C)C.O=C1CC[N-]1.[CH]1[CH][CH][CH][CH]1.[CH]1[CH][CH][CH][CH]1.[Zr+4]. The van der Waals surface area contributed by atoms with Crippen LogP contribution in [0.4, 0.5) is 0 Å². The van der Waals surface area contributed by atoms with Crippen LogP contribution < -0.4 is 0 Å². The molecule has 0 aromatic carbocycles. The molecule has 2 aliphatic carbocycles. The van der Waals surface area contributed by atoms with Gasteiger partial charge in [-0.25, -0.2) is 0 Å². The van der Waals surface area contributed by atoms with Gasteiger partial charge >= 0.3 is 26.2 Å². The van der Waals surface area contributed by atoms with Crippen LogP contribution in [0.5, 0.6) is 0 Å². The molecule has 138 valence electrons. The zero-order valence-electron chi connectivity index (χ0n) is 17.1. The van der Waals surface area contributed by atoms with Crippen LogP contribution in [0.2, 0.25) is 39.3 Å². The number of amides is 1. The number of hydrogen-bond donors (Lipinski definition) is 0. The molecule has 0 atom stereocenters. The fourth-order valence-corrected chi connectivity index (χ4v) is 4.74. The maximum Gasteiger partial charge on any atom is 4.00 e. The molecule has 5 heteroatoms. The Morgan fingerprint density at radius 3 is 1.15 bits per heavy atom. The molecule has 1 saturated heterocycles. The summed E-state index contributed by atoms with van der Waals surface area (Å²) in [4.78, 5) is 9.73. The molecule has 3 aliphatic rings. The predicted molar refractivity (Wildman–Crippen MR) is 115 cm³/mol. The summed E-state index contributed by atoms with van der Waals surface area (Å²) in [5.41, 5.74) is 5.88. The van der Waals surface area contributed by atoms with Gasteiger partial charge in [-0.2, -0.15) is 0 Å². The zero-order chi connectivity index (χ0) is 19.2. The molecule has 0 spiro atoms. The van der Waals surface area contributed by atoms with Crippen molar-refractivity contribution in [1.82, 2.24) is 0 Å². The molecule has 1 aliphatic heterocycles. The van der Waals surface area contributed by atoms with E-state index in [1.54, 1.807) is 0 Å². The van der Waals surface area contributed by atoms with E-state index in [1.807, 2.05) is 64.2 Å². The Kier molecular flexibility index (Phi) is 18.2. The van der Waals surface area contributed by atoms with E-state index in [1.165, 1.54) is 0 Å². The van der Waals surface area contributed by atoms with E-state index in [0.717, 1.165) is 6.54 Å². The van der Waals surface area contributed by atoms with Gasteiger partial charge in [0, 0.05) is 14.0 Å². The van der Waals surface area contributed by atoms with E-state index in [4.69, 9.17) is 0 Å². The summed E-state index contributed by atoms with van der Waals surface area (Å²) in [6, 6.07) is 0. The first-order valence-corrected chi connectivity index (χ1v) is 15.8. The van der Waals surface area contributed by atoms with Crippen LogP contribution >= 0.6 is 0 Å². The quantitative estimate of drug-likeness (QED) is 0.306. The number of carbonyl (C=O) groups is 1. The zero-order valence-corrected chi connectivity index (χ0v) is 21.6. The summed E-state index contributed by atoms with van der Waals surface area (Å²) in [5.74, 6) is 0.0602. The standard InChI is InChI=1S/C8H19Si2.2C5H5.C3H5NO.Zr/c1-9(2,3)7-8-10(4,5)6;2*1-2-4-5-3-1;5-3-1-2-4-3;/h7H,1-6H3;2*1-5H;1-2H2,(H,4,5);/q-1;;;;+4/p-1. The van der Waals surface area contributed by atoms with E-state index in [-0.39, 0.29) is 32.1 Å². The van der Waals surface area contributed by atoms with Crippen LogP contribution in [0.3, 0.4) is 0 Å². The second-order valence-corrected chi connectivity index (χ2v) is 17.7. The first-order valence-electron chi connectivity index (χ1n) is 8.76. The van der Waals surface area contributed by atoms with Crippen molar-refractivity contribution in [3.8, 4) is 0 Å².